The van der Waals surface area contributed by atoms with Crippen molar-refractivity contribution in [2.75, 3.05) is 39.9 Å². The van der Waals surface area contributed by atoms with Crippen molar-refractivity contribution in [2.24, 2.45) is 11.8 Å². The Hall–Kier alpha value is -1.46. The first kappa shape index (κ1) is 13.5. The summed E-state index contributed by atoms with van der Waals surface area (Å²) < 4.78 is 4.93. The summed E-state index contributed by atoms with van der Waals surface area (Å²) >= 11 is 0. The summed E-state index contributed by atoms with van der Waals surface area (Å²) in [5, 5.41) is 0. The zero-order valence-electron chi connectivity index (χ0n) is 11.9. The Morgan fingerprint density at radius 1 is 1.35 bits per heavy atom. The van der Waals surface area contributed by atoms with Crippen LogP contribution in [0.2, 0.25) is 0 Å². The minimum Gasteiger partial charge on any atom is -0.375 e. The van der Waals surface area contributed by atoms with E-state index in [-0.39, 0.29) is 12.5 Å². The van der Waals surface area contributed by atoms with Crippen LogP contribution < -0.4 is 0 Å². The van der Waals surface area contributed by atoms with Crippen molar-refractivity contribution in [2.45, 2.75) is 6.54 Å². The molecule has 1 aromatic rings. The molecule has 20 heavy (non-hydrogen) atoms. The molecule has 2 atom stereocenters. The quantitative estimate of drug-likeness (QED) is 0.808. The normalized spacial score (nSPS) is 25.9. The van der Waals surface area contributed by atoms with Gasteiger partial charge in [-0.1, -0.05) is 6.07 Å². The van der Waals surface area contributed by atoms with Gasteiger partial charge in [0, 0.05) is 52.2 Å². The molecular formula is C15H21N3O2. The van der Waals surface area contributed by atoms with Crippen molar-refractivity contribution in [3.63, 3.8) is 0 Å². The maximum absolute atomic E-state index is 11.8. The lowest BCUT2D eigenvalue weighted by atomic mass is 10.0. The van der Waals surface area contributed by atoms with Gasteiger partial charge in [-0.25, -0.2) is 0 Å². The van der Waals surface area contributed by atoms with Crippen LogP contribution in [0.4, 0.5) is 0 Å². The standard InChI is InChI=1S/C15H21N3O2/c1-20-11-15(19)18-9-13-7-17(8-14(13)10-18)6-12-3-2-4-16-5-12/h2-5,13-14H,6-11H2,1H3. The first-order chi connectivity index (χ1) is 9.76. The molecule has 2 saturated heterocycles. The Balaban J connectivity index is 1.52. The largest absolute Gasteiger partial charge is 0.375 e. The number of amides is 1. The highest BCUT2D eigenvalue weighted by atomic mass is 16.5. The van der Waals surface area contributed by atoms with Crippen LogP contribution in [0.3, 0.4) is 0 Å². The number of carbonyl (C=O) groups is 1. The molecule has 2 aliphatic rings. The van der Waals surface area contributed by atoms with E-state index in [4.69, 9.17) is 4.74 Å². The monoisotopic (exact) mass is 275 g/mol. The Morgan fingerprint density at radius 3 is 2.70 bits per heavy atom. The van der Waals surface area contributed by atoms with E-state index in [0.717, 1.165) is 32.7 Å². The van der Waals surface area contributed by atoms with Gasteiger partial charge >= 0.3 is 0 Å². The molecule has 2 fully saturated rings. The van der Waals surface area contributed by atoms with Gasteiger partial charge < -0.3 is 9.64 Å². The third kappa shape index (κ3) is 2.83. The number of likely N-dealkylation sites (tertiary alicyclic amines) is 2. The number of pyridine rings is 1. The Bertz CT molecular complexity index is 451. The predicted molar refractivity (Wildman–Crippen MR) is 75.0 cm³/mol. The van der Waals surface area contributed by atoms with Gasteiger partial charge in [0.1, 0.15) is 6.61 Å². The van der Waals surface area contributed by atoms with Crippen molar-refractivity contribution in [1.82, 2.24) is 14.8 Å². The lowest BCUT2D eigenvalue weighted by Gasteiger charge is -2.21. The molecule has 2 aliphatic heterocycles. The van der Waals surface area contributed by atoms with Crippen LogP contribution in [0.15, 0.2) is 24.5 Å². The van der Waals surface area contributed by atoms with E-state index in [0.29, 0.717) is 11.8 Å². The summed E-state index contributed by atoms with van der Waals surface area (Å²) in [5.74, 6) is 1.36. The summed E-state index contributed by atoms with van der Waals surface area (Å²) in [5.41, 5.74) is 1.26. The molecule has 3 rings (SSSR count). The average Bonchev–Trinajstić information content (AvgIpc) is 2.98. The van der Waals surface area contributed by atoms with Crippen LogP contribution in [-0.2, 0) is 16.1 Å². The third-order valence-corrected chi connectivity index (χ3v) is 4.31. The molecule has 5 nitrogen and oxygen atoms in total. The molecule has 108 valence electrons. The van der Waals surface area contributed by atoms with E-state index in [1.165, 1.54) is 5.56 Å². The number of rotatable bonds is 4. The van der Waals surface area contributed by atoms with Crippen LogP contribution >= 0.6 is 0 Å². The van der Waals surface area contributed by atoms with Gasteiger partial charge in [0.25, 0.3) is 0 Å². The number of ether oxygens (including phenoxy) is 1. The number of hydrogen-bond acceptors (Lipinski definition) is 4. The zero-order valence-corrected chi connectivity index (χ0v) is 11.9. The first-order valence-corrected chi connectivity index (χ1v) is 7.14. The Kier molecular flexibility index (Phi) is 3.98. The van der Waals surface area contributed by atoms with Gasteiger partial charge in [0.15, 0.2) is 0 Å². The SMILES string of the molecule is COCC(=O)N1CC2CN(Cc3cccnc3)CC2C1. The van der Waals surface area contributed by atoms with E-state index in [9.17, 15) is 4.79 Å². The lowest BCUT2D eigenvalue weighted by Crippen LogP contribution is -2.35. The molecule has 0 N–H and O–H groups in total. The molecular weight excluding hydrogens is 254 g/mol. The van der Waals surface area contributed by atoms with Gasteiger partial charge in [-0.3, -0.25) is 14.7 Å². The topological polar surface area (TPSA) is 45.7 Å². The molecule has 0 bridgehead atoms. The van der Waals surface area contributed by atoms with Gasteiger partial charge in [-0.05, 0) is 23.5 Å². The van der Waals surface area contributed by atoms with Crippen LogP contribution in [0.5, 0.6) is 0 Å². The van der Waals surface area contributed by atoms with E-state index < -0.39 is 0 Å². The molecule has 1 aromatic heterocycles. The minimum absolute atomic E-state index is 0.126. The van der Waals surface area contributed by atoms with Crippen molar-refractivity contribution in [1.29, 1.82) is 0 Å². The first-order valence-electron chi connectivity index (χ1n) is 7.14. The third-order valence-electron chi connectivity index (χ3n) is 4.31. The highest BCUT2D eigenvalue weighted by Gasteiger charge is 2.41. The molecule has 0 aliphatic carbocycles. The molecule has 5 heteroatoms. The Labute approximate surface area is 119 Å². The smallest absolute Gasteiger partial charge is 0.248 e. The van der Waals surface area contributed by atoms with E-state index in [1.807, 2.05) is 23.4 Å². The summed E-state index contributed by atoms with van der Waals surface area (Å²) in [6.45, 7) is 5.10. The molecule has 2 unspecified atom stereocenters. The number of carbonyl (C=O) groups excluding carboxylic acids is 1. The molecule has 0 spiro atoms. The summed E-state index contributed by atoms with van der Waals surface area (Å²) in [4.78, 5) is 20.4. The van der Waals surface area contributed by atoms with E-state index in [2.05, 4.69) is 16.0 Å². The fourth-order valence-corrected chi connectivity index (χ4v) is 3.39. The summed E-state index contributed by atoms with van der Waals surface area (Å²) in [6, 6.07) is 4.10. The van der Waals surface area contributed by atoms with Crippen molar-refractivity contribution in [3.8, 4) is 0 Å². The summed E-state index contributed by atoms with van der Waals surface area (Å²) in [6.07, 6.45) is 3.74. The van der Waals surface area contributed by atoms with Crippen LogP contribution in [0.25, 0.3) is 0 Å². The second-order valence-electron chi connectivity index (χ2n) is 5.81. The molecule has 3 heterocycles. The second-order valence-corrected chi connectivity index (χ2v) is 5.81. The van der Waals surface area contributed by atoms with Gasteiger partial charge in [-0.15, -0.1) is 0 Å². The minimum atomic E-state index is 0.126. The average molecular weight is 275 g/mol. The predicted octanol–water partition coefficient (Wildman–Crippen LogP) is 0.618. The maximum atomic E-state index is 11.8. The highest BCUT2D eigenvalue weighted by Crippen LogP contribution is 2.31. The number of hydrogen-bond donors (Lipinski definition) is 0. The fraction of sp³-hybridized carbons (Fsp3) is 0.600. The van der Waals surface area contributed by atoms with Crippen molar-refractivity contribution >= 4 is 5.91 Å². The van der Waals surface area contributed by atoms with Gasteiger partial charge in [-0.2, -0.15) is 0 Å². The number of aromatic nitrogens is 1. The van der Waals surface area contributed by atoms with Crippen molar-refractivity contribution < 1.29 is 9.53 Å². The van der Waals surface area contributed by atoms with Crippen LogP contribution in [0.1, 0.15) is 5.56 Å². The van der Waals surface area contributed by atoms with Crippen LogP contribution in [0, 0.1) is 11.8 Å². The number of methoxy groups -OCH3 is 1. The van der Waals surface area contributed by atoms with E-state index in [1.54, 1.807) is 7.11 Å². The van der Waals surface area contributed by atoms with Gasteiger partial charge in [0.05, 0.1) is 0 Å². The number of fused-ring (bicyclic) bond motifs is 1. The zero-order chi connectivity index (χ0) is 13.9. The van der Waals surface area contributed by atoms with Crippen LogP contribution in [-0.4, -0.2) is 60.6 Å². The maximum Gasteiger partial charge on any atom is 0.248 e. The lowest BCUT2D eigenvalue weighted by molar-refractivity contribution is -0.134. The van der Waals surface area contributed by atoms with Crippen molar-refractivity contribution in [3.05, 3.63) is 30.1 Å². The summed E-state index contributed by atoms with van der Waals surface area (Å²) in [7, 11) is 1.57. The Morgan fingerprint density at radius 2 is 2.10 bits per heavy atom. The van der Waals surface area contributed by atoms with Gasteiger partial charge in [0.2, 0.25) is 5.91 Å². The molecule has 0 radical (unpaired) electrons. The van der Waals surface area contributed by atoms with E-state index >= 15 is 0 Å². The molecule has 1 amide bonds. The second kappa shape index (κ2) is 5.89. The molecule has 0 saturated carbocycles. The highest BCUT2D eigenvalue weighted by molar-refractivity contribution is 5.77. The molecule has 0 aromatic carbocycles. The number of nitrogens with zero attached hydrogens (tertiary/aromatic N) is 3. The fourth-order valence-electron chi connectivity index (χ4n) is 3.39.